The van der Waals surface area contributed by atoms with E-state index in [0.717, 1.165) is 44.1 Å². The number of aromatic nitrogens is 5. The second-order valence-corrected chi connectivity index (χ2v) is 6.34. The first-order valence-electron chi connectivity index (χ1n) is 7.90. The van der Waals surface area contributed by atoms with Gasteiger partial charge in [0.05, 0.1) is 12.7 Å². The monoisotopic (exact) mass is 303 g/mol. The molecule has 0 aliphatic heterocycles. The molecule has 0 unspecified atom stereocenters. The summed E-state index contributed by atoms with van der Waals surface area (Å²) in [6.45, 7) is 4.63. The zero-order valence-electron chi connectivity index (χ0n) is 13.6. The third kappa shape index (κ3) is 3.05. The molecule has 120 valence electrons. The van der Waals surface area contributed by atoms with Crippen LogP contribution in [0.25, 0.3) is 0 Å². The van der Waals surface area contributed by atoms with E-state index in [1.54, 1.807) is 0 Å². The highest BCUT2D eigenvalue weighted by molar-refractivity contribution is 5.08. The number of nitrogens with two attached hydrogens (primary N) is 1. The number of hydrogen-bond donors (Lipinski definition) is 1. The Hall–Kier alpha value is -1.73. The molecule has 0 bridgehead atoms. The Balaban J connectivity index is 1.60. The highest BCUT2D eigenvalue weighted by atomic mass is 15.3. The third-order valence-corrected chi connectivity index (χ3v) is 4.41. The Bertz CT molecular complexity index is 624. The van der Waals surface area contributed by atoms with Crippen LogP contribution in [0.2, 0.25) is 0 Å². The van der Waals surface area contributed by atoms with Crippen molar-refractivity contribution in [1.29, 1.82) is 0 Å². The van der Waals surface area contributed by atoms with Crippen molar-refractivity contribution in [3.63, 3.8) is 0 Å². The summed E-state index contributed by atoms with van der Waals surface area (Å²) in [7, 11) is 4.15. The molecule has 1 fully saturated rings. The normalized spacial score (nSPS) is 21.3. The molecule has 2 aromatic rings. The minimum atomic E-state index is 0.336. The molecule has 7 heteroatoms. The van der Waals surface area contributed by atoms with Gasteiger partial charge < -0.3 is 10.3 Å². The molecular formula is C15H25N7. The summed E-state index contributed by atoms with van der Waals surface area (Å²) in [4.78, 5) is 2.23. The molecular weight excluding hydrogens is 278 g/mol. The Morgan fingerprint density at radius 2 is 2.09 bits per heavy atom. The maximum Gasteiger partial charge on any atom is 0.146 e. The van der Waals surface area contributed by atoms with E-state index in [1.807, 2.05) is 10.9 Å². The molecule has 0 radical (unpaired) electrons. The lowest BCUT2D eigenvalue weighted by Gasteiger charge is -2.31. The lowest BCUT2D eigenvalue weighted by molar-refractivity contribution is 0.302. The maximum absolute atomic E-state index is 5.87. The van der Waals surface area contributed by atoms with Crippen LogP contribution in [0.4, 0.5) is 0 Å². The highest BCUT2D eigenvalue weighted by Crippen LogP contribution is 2.34. The Morgan fingerprint density at radius 3 is 2.73 bits per heavy atom. The Labute approximate surface area is 131 Å². The van der Waals surface area contributed by atoms with Gasteiger partial charge in [-0.3, -0.25) is 9.58 Å². The second kappa shape index (κ2) is 6.18. The smallest absolute Gasteiger partial charge is 0.146 e. The largest absolute Gasteiger partial charge is 0.328 e. The van der Waals surface area contributed by atoms with Gasteiger partial charge in [-0.25, -0.2) is 0 Å². The topological polar surface area (TPSA) is 77.8 Å². The molecule has 0 saturated heterocycles. The van der Waals surface area contributed by atoms with Crippen LogP contribution in [0.5, 0.6) is 0 Å². The first kappa shape index (κ1) is 15.2. The first-order chi connectivity index (χ1) is 10.6. The summed E-state index contributed by atoms with van der Waals surface area (Å²) < 4.78 is 4.08. The van der Waals surface area contributed by atoms with E-state index in [0.29, 0.717) is 12.0 Å². The molecule has 1 aliphatic rings. The molecule has 2 aromatic heterocycles. The number of rotatable bonds is 6. The maximum atomic E-state index is 5.87. The predicted octanol–water partition coefficient (Wildman–Crippen LogP) is 0.868. The van der Waals surface area contributed by atoms with Crippen molar-refractivity contribution >= 4 is 0 Å². The minimum absolute atomic E-state index is 0.336. The van der Waals surface area contributed by atoms with E-state index in [-0.39, 0.29) is 0 Å². The lowest BCUT2D eigenvalue weighted by atomic mass is 9.80. The van der Waals surface area contributed by atoms with Crippen LogP contribution in [-0.4, -0.2) is 42.5 Å². The third-order valence-electron chi connectivity index (χ3n) is 4.41. The van der Waals surface area contributed by atoms with E-state index >= 15 is 0 Å². The molecule has 22 heavy (non-hydrogen) atoms. The fraction of sp³-hybridized carbons (Fsp3) is 0.667. The second-order valence-electron chi connectivity index (χ2n) is 6.34. The van der Waals surface area contributed by atoms with Crippen LogP contribution >= 0.6 is 0 Å². The van der Waals surface area contributed by atoms with Gasteiger partial charge >= 0.3 is 0 Å². The quantitative estimate of drug-likeness (QED) is 0.856. The molecule has 0 atom stereocenters. The Morgan fingerprint density at radius 1 is 1.32 bits per heavy atom. The summed E-state index contributed by atoms with van der Waals surface area (Å²) in [5.74, 6) is 2.55. The van der Waals surface area contributed by atoms with E-state index in [2.05, 4.69) is 52.0 Å². The molecule has 2 heterocycles. The van der Waals surface area contributed by atoms with Crippen molar-refractivity contribution in [3.05, 3.63) is 29.6 Å². The van der Waals surface area contributed by atoms with Crippen molar-refractivity contribution in [3.8, 4) is 0 Å². The fourth-order valence-electron chi connectivity index (χ4n) is 3.01. The van der Waals surface area contributed by atoms with Gasteiger partial charge in [0.2, 0.25) is 0 Å². The SMILES string of the molecule is CCn1cc(CN(C)Cc2nnc(C3CC(N)C3)n2C)cn1. The van der Waals surface area contributed by atoms with Crippen molar-refractivity contribution in [1.82, 2.24) is 29.4 Å². The number of hydrogen-bond acceptors (Lipinski definition) is 5. The molecule has 3 rings (SSSR count). The van der Waals surface area contributed by atoms with Crippen molar-refractivity contribution in [2.45, 2.75) is 51.4 Å². The molecule has 1 saturated carbocycles. The summed E-state index contributed by atoms with van der Waals surface area (Å²) in [6.07, 6.45) is 6.07. The lowest BCUT2D eigenvalue weighted by Crippen LogP contribution is -2.36. The summed E-state index contributed by atoms with van der Waals surface area (Å²) >= 11 is 0. The van der Waals surface area contributed by atoms with Crippen LogP contribution in [0.3, 0.4) is 0 Å². The highest BCUT2D eigenvalue weighted by Gasteiger charge is 2.31. The van der Waals surface area contributed by atoms with Gasteiger partial charge in [0, 0.05) is 43.9 Å². The van der Waals surface area contributed by atoms with Gasteiger partial charge in [0.1, 0.15) is 11.6 Å². The van der Waals surface area contributed by atoms with Crippen molar-refractivity contribution in [2.75, 3.05) is 7.05 Å². The van der Waals surface area contributed by atoms with Crippen molar-refractivity contribution < 1.29 is 0 Å². The van der Waals surface area contributed by atoms with Crippen LogP contribution in [0, 0.1) is 0 Å². The van der Waals surface area contributed by atoms with E-state index in [4.69, 9.17) is 5.73 Å². The number of aryl methyl sites for hydroxylation is 1. The standard InChI is InChI=1S/C15H25N7/c1-4-22-9-11(7-17-22)8-20(2)10-14-18-19-15(21(14)3)12-5-13(16)6-12/h7,9,12-13H,4-6,8,10,16H2,1-3H3. The van der Waals surface area contributed by atoms with Gasteiger partial charge in [-0.15, -0.1) is 10.2 Å². The fourth-order valence-corrected chi connectivity index (χ4v) is 3.01. The zero-order valence-corrected chi connectivity index (χ0v) is 13.6. The molecule has 0 spiro atoms. The minimum Gasteiger partial charge on any atom is -0.328 e. The summed E-state index contributed by atoms with van der Waals surface area (Å²) in [5, 5.41) is 13.0. The average Bonchev–Trinajstić information content (AvgIpc) is 3.04. The van der Waals surface area contributed by atoms with Gasteiger partial charge in [-0.05, 0) is 26.8 Å². The Kier molecular flexibility index (Phi) is 4.26. The van der Waals surface area contributed by atoms with E-state index < -0.39 is 0 Å². The summed E-state index contributed by atoms with van der Waals surface area (Å²) in [5.41, 5.74) is 7.09. The molecule has 1 aliphatic carbocycles. The molecule has 7 nitrogen and oxygen atoms in total. The van der Waals surface area contributed by atoms with E-state index in [1.165, 1.54) is 5.56 Å². The number of nitrogens with zero attached hydrogens (tertiary/aromatic N) is 6. The van der Waals surface area contributed by atoms with Gasteiger partial charge in [0.25, 0.3) is 0 Å². The molecule has 0 aromatic carbocycles. The van der Waals surface area contributed by atoms with Crippen LogP contribution in [-0.2, 0) is 26.7 Å². The van der Waals surface area contributed by atoms with Crippen LogP contribution < -0.4 is 5.73 Å². The van der Waals surface area contributed by atoms with Gasteiger partial charge in [-0.1, -0.05) is 0 Å². The molecule has 0 amide bonds. The van der Waals surface area contributed by atoms with Gasteiger partial charge in [-0.2, -0.15) is 5.10 Å². The van der Waals surface area contributed by atoms with Crippen molar-refractivity contribution in [2.24, 2.45) is 12.8 Å². The van der Waals surface area contributed by atoms with Gasteiger partial charge in [0.15, 0.2) is 0 Å². The first-order valence-corrected chi connectivity index (χ1v) is 7.90. The molecule has 2 N–H and O–H groups in total. The zero-order chi connectivity index (χ0) is 15.7. The van der Waals surface area contributed by atoms with Crippen LogP contribution in [0.15, 0.2) is 12.4 Å². The average molecular weight is 303 g/mol. The van der Waals surface area contributed by atoms with E-state index in [9.17, 15) is 0 Å². The summed E-state index contributed by atoms with van der Waals surface area (Å²) in [6, 6.07) is 0.336. The predicted molar refractivity (Wildman–Crippen MR) is 84.0 cm³/mol. The van der Waals surface area contributed by atoms with Crippen LogP contribution in [0.1, 0.15) is 42.9 Å².